The maximum atomic E-state index is 13.5. The van der Waals surface area contributed by atoms with Crippen LogP contribution in [0.4, 0.5) is 0 Å². The Hall–Kier alpha value is -1.06. The molecule has 5 atom stereocenters. The third-order valence-corrected chi connectivity index (χ3v) is 8.84. The average molecular weight is 531 g/mol. The summed E-state index contributed by atoms with van der Waals surface area (Å²) in [5.74, 6) is 0.976. The molecule has 0 N–H and O–H groups in total. The van der Waals surface area contributed by atoms with E-state index in [-0.39, 0.29) is 52.2 Å². The first-order valence-electron chi connectivity index (χ1n) is 11.4. The Bertz CT molecular complexity index is 1190. The maximum Gasteiger partial charge on any atom is 0.354 e. The van der Waals surface area contributed by atoms with Gasteiger partial charge >= 0.3 is 7.60 Å². The van der Waals surface area contributed by atoms with Gasteiger partial charge in [0.15, 0.2) is 16.6 Å². The number of imidazole rings is 1. The largest absolute Gasteiger partial charge is 0.354 e. The number of ether oxygens (including phenoxy) is 2. The van der Waals surface area contributed by atoms with Crippen molar-refractivity contribution in [3.8, 4) is 0 Å². The summed E-state index contributed by atoms with van der Waals surface area (Å²) in [4.78, 5) is 12.8. The Labute approximate surface area is 208 Å². The fourth-order valence-corrected chi connectivity index (χ4v) is 7.65. The van der Waals surface area contributed by atoms with Crippen LogP contribution in [0.15, 0.2) is 18.2 Å². The summed E-state index contributed by atoms with van der Waals surface area (Å²) in [6, 6.07) is -0.125. The number of fused-ring (bicyclic) bond motifs is 4. The van der Waals surface area contributed by atoms with E-state index in [0.29, 0.717) is 11.2 Å². The Morgan fingerprint density at radius 3 is 2.50 bits per heavy atom. The molecule has 0 radical (unpaired) electrons. The van der Waals surface area contributed by atoms with Gasteiger partial charge in [-0.05, 0) is 65.5 Å². The van der Waals surface area contributed by atoms with Gasteiger partial charge in [0.25, 0.3) is 0 Å². The highest BCUT2D eigenvalue weighted by atomic mass is 35.5. The molecule has 0 unspecified atom stereocenters. The SMILES string of the molecule is CC(C)OP(=O)(/C=C/[C@@]12C[C@@H]1[C@@H](n1cnc3c(Cl)nc(Cl)nc31)[C@@H]1OC(C)(C)O[C@@H]12)OC(C)C. The molecule has 2 aliphatic carbocycles. The molecule has 1 aliphatic heterocycles. The van der Waals surface area contributed by atoms with Crippen LogP contribution in [-0.2, 0) is 23.1 Å². The second kappa shape index (κ2) is 8.23. The molecule has 3 heterocycles. The zero-order chi connectivity index (χ0) is 24.6. The Balaban J connectivity index is 1.54. The van der Waals surface area contributed by atoms with Gasteiger partial charge in [-0.2, -0.15) is 4.98 Å². The molecule has 2 saturated carbocycles. The molecular formula is C22H29Cl2N4O5P. The predicted molar refractivity (Wildman–Crippen MR) is 128 cm³/mol. The molecule has 0 bridgehead atoms. The van der Waals surface area contributed by atoms with Crippen molar-refractivity contribution >= 4 is 42.0 Å². The van der Waals surface area contributed by atoms with Gasteiger partial charge in [-0.3, -0.25) is 4.57 Å². The molecule has 2 aromatic rings. The Morgan fingerprint density at radius 1 is 1.18 bits per heavy atom. The first-order chi connectivity index (χ1) is 15.8. The van der Waals surface area contributed by atoms with Crippen molar-refractivity contribution in [2.24, 2.45) is 11.3 Å². The third kappa shape index (κ3) is 4.13. The lowest BCUT2D eigenvalue weighted by Gasteiger charge is -2.24. The van der Waals surface area contributed by atoms with Gasteiger partial charge in [0.05, 0.1) is 30.7 Å². The summed E-state index contributed by atoms with van der Waals surface area (Å²) in [5.41, 5.74) is 0.650. The first kappa shape index (κ1) is 24.6. The van der Waals surface area contributed by atoms with Crippen LogP contribution in [0.2, 0.25) is 10.4 Å². The molecule has 0 spiro atoms. The van der Waals surface area contributed by atoms with Crippen LogP contribution >= 0.6 is 30.8 Å². The number of rotatable bonds is 7. The van der Waals surface area contributed by atoms with E-state index >= 15 is 0 Å². The number of hydrogen-bond acceptors (Lipinski definition) is 8. The first-order valence-corrected chi connectivity index (χ1v) is 13.8. The van der Waals surface area contributed by atoms with E-state index in [1.54, 1.807) is 12.1 Å². The number of halogens is 2. The summed E-state index contributed by atoms with van der Waals surface area (Å²) in [5, 5.41) is 0.254. The topological polar surface area (TPSA) is 97.6 Å². The van der Waals surface area contributed by atoms with E-state index in [4.69, 9.17) is 41.7 Å². The van der Waals surface area contributed by atoms with Gasteiger partial charge in [0.1, 0.15) is 11.6 Å². The third-order valence-electron chi connectivity index (χ3n) is 6.47. The molecule has 9 nitrogen and oxygen atoms in total. The molecule has 186 valence electrons. The predicted octanol–water partition coefficient (Wildman–Crippen LogP) is 5.77. The van der Waals surface area contributed by atoms with E-state index in [1.807, 2.05) is 52.2 Å². The summed E-state index contributed by atoms with van der Waals surface area (Å²) in [7, 11) is -3.45. The number of nitrogens with zero attached hydrogens (tertiary/aromatic N) is 4. The number of aromatic nitrogens is 4. The molecule has 3 aliphatic rings. The van der Waals surface area contributed by atoms with Gasteiger partial charge < -0.3 is 23.1 Å². The minimum absolute atomic E-state index is 0.0530. The van der Waals surface area contributed by atoms with Crippen LogP contribution in [0, 0.1) is 11.3 Å². The fraction of sp³-hybridized carbons (Fsp3) is 0.682. The lowest BCUT2D eigenvalue weighted by Crippen LogP contribution is -2.31. The van der Waals surface area contributed by atoms with Gasteiger partial charge in [-0.1, -0.05) is 17.7 Å². The summed E-state index contributed by atoms with van der Waals surface area (Å²) in [6.07, 6.45) is 3.48. The summed E-state index contributed by atoms with van der Waals surface area (Å²) in [6.45, 7) is 11.1. The molecule has 1 saturated heterocycles. The van der Waals surface area contributed by atoms with Crippen molar-refractivity contribution in [2.75, 3.05) is 0 Å². The van der Waals surface area contributed by atoms with E-state index in [2.05, 4.69) is 15.0 Å². The molecule has 0 amide bonds. The zero-order valence-corrected chi connectivity index (χ0v) is 22.3. The second-order valence-electron chi connectivity index (χ2n) is 10.2. The van der Waals surface area contributed by atoms with Crippen molar-refractivity contribution in [1.29, 1.82) is 0 Å². The molecule has 5 rings (SSSR count). The van der Waals surface area contributed by atoms with E-state index in [1.165, 1.54) is 0 Å². The average Bonchev–Trinajstić information content (AvgIpc) is 2.95. The smallest absolute Gasteiger partial charge is 0.344 e. The molecule has 2 aromatic heterocycles. The second-order valence-corrected chi connectivity index (χ2v) is 12.7. The van der Waals surface area contributed by atoms with Gasteiger partial charge in [0, 0.05) is 11.2 Å². The van der Waals surface area contributed by atoms with E-state index in [9.17, 15) is 4.57 Å². The normalized spacial score (nSPS) is 32.3. The van der Waals surface area contributed by atoms with Crippen LogP contribution in [-0.4, -0.2) is 49.7 Å². The molecule has 34 heavy (non-hydrogen) atoms. The molecular weight excluding hydrogens is 502 g/mol. The van der Waals surface area contributed by atoms with Crippen molar-refractivity contribution < 1.29 is 23.1 Å². The molecule has 12 heteroatoms. The van der Waals surface area contributed by atoms with Crippen LogP contribution in [0.5, 0.6) is 0 Å². The molecule has 0 aromatic carbocycles. The fourth-order valence-electron chi connectivity index (χ4n) is 5.40. The standard InChI is InChI=1S/C22H29Cl2N4O5P/c1-11(2)32-34(29,33-12(3)4)8-7-22-9-13(22)15(16-17(22)31-21(5,6)30-16)28-10-25-14-18(23)26-20(24)27-19(14)28/h7-8,10-13,15-17H,9H2,1-6H3/b8-7+/t13-,15-,16+,17+,22-/m1/s1. The van der Waals surface area contributed by atoms with Crippen molar-refractivity contribution in [2.45, 2.75) is 84.2 Å². The van der Waals surface area contributed by atoms with Gasteiger partial charge in [-0.25, -0.2) is 9.97 Å². The lowest BCUT2D eigenvalue weighted by atomic mass is 9.99. The highest BCUT2D eigenvalue weighted by Crippen LogP contribution is 2.73. The Kier molecular flexibility index (Phi) is 5.96. The minimum atomic E-state index is -3.45. The number of hydrogen-bond donors (Lipinski definition) is 0. The van der Waals surface area contributed by atoms with Crippen LogP contribution in [0.1, 0.15) is 54.0 Å². The van der Waals surface area contributed by atoms with E-state index < -0.39 is 13.4 Å². The Morgan fingerprint density at radius 2 is 1.85 bits per heavy atom. The van der Waals surface area contributed by atoms with Gasteiger partial charge in [-0.15, -0.1) is 0 Å². The summed E-state index contributed by atoms with van der Waals surface area (Å²) < 4.78 is 39.6. The monoisotopic (exact) mass is 530 g/mol. The lowest BCUT2D eigenvalue weighted by molar-refractivity contribution is -0.159. The van der Waals surface area contributed by atoms with Crippen LogP contribution in [0.3, 0.4) is 0 Å². The van der Waals surface area contributed by atoms with Crippen molar-refractivity contribution in [3.63, 3.8) is 0 Å². The highest BCUT2D eigenvalue weighted by Gasteiger charge is 2.75. The zero-order valence-electron chi connectivity index (χ0n) is 19.9. The maximum absolute atomic E-state index is 13.5. The van der Waals surface area contributed by atoms with Gasteiger partial charge in [0.2, 0.25) is 5.28 Å². The quantitative estimate of drug-likeness (QED) is 0.252. The highest BCUT2D eigenvalue weighted by molar-refractivity contribution is 7.57. The minimum Gasteiger partial charge on any atom is -0.344 e. The van der Waals surface area contributed by atoms with E-state index in [0.717, 1.165) is 6.42 Å². The van der Waals surface area contributed by atoms with Crippen molar-refractivity contribution in [1.82, 2.24) is 19.5 Å². The summed E-state index contributed by atoms with van der Waals surface area (Å²) >= 11 is 12.4. The molecule has 3 fully saturated rings. The van der Waals surface area contributed by atoms with Crippen molar-refractivity contribution in [3.05, 3.63) is 28.7 Å². The van der Waals surface area contributed by atoms with Crippen LogP contribution in [0.25, 0.3) is 11.2 Å². The van der Waals surface area contributed by atoms with Crippen LogP contribution < -0.4 is 0 Å².